The van der Waals surface area contributed by atoms with E-state index in [-0.39, 0.29) is 5.91 Å². The molecule has 2 rings (SSSR count). The summed E-state index contributed by atoms with van der Waals surface area (Å²) in [5.74, 6) is 0.554. The van der Waals surface area contributed by atoms with E-state index in [0.717, 1.165) is 9.37 Å². The zero-order chi connectivity index (χ0) is 15.9. The molecule has 1 N–H and O–H groups in total. The van der Waals surface area contributed by atoms with Crippen LogP contribution in [0.4, 0.5) is 5.69 Å². The second-order valence-electron chi connectivity index (χ2n) is 4.59. The molecule has 0 atom stereocenters. The fraction of sp³-hybridized carbons (Fsp3) is 0.188. The number of benzene rings is 2. The number of thiol groups is 1. The Labute approximate surface area is 148 Å². The number of amides is 1. The van der Waals surface area contributed by atoms with Gasteiger partial charge in [0.2, 0.25) is 5.91 Å². The van der Waals surface area contributed by atoms with Gasteiger partial charge in [0.1, 0.15) is 5.75 Å². The highest BCUT2D eigenvalue weighted by Gasteiger charge is 2.06. The average molecular weight is 401 g/mol. The fourth-order valence-electron chi connectivity index (χ4n) is 1.80. The molecule has 0 aliphatic carbocycles. The summed E-state index contributed by atoms with van der Waals surface area (Å²) in [5.41, 5.74) is 0.715. The Balaban J connectivity index is 1.74. The minimum Gasteiger partial charge on any atom is -0.492 e. The van der Waals surface area contributed by atoms with Gasteiger partial charge in [0.05, 0.1) is 17.3 Å². The lowest BCUT2D eigenvalue weighted by molar-refractivity contribution is -0.116. The van der Waals surface area contributed by atoms with Crippen molar-refractivity contribution in [3.05, 3.63) is 52.0 Å². The predicted octanol–water partition coefficient (Wildman–Crippen LogP) is 5.19. The zero-order valence-electron chi connectivity index (χ0n) is 11.7. The highest BCUT2D eigenvalue weighted by Crippen LogP contribution is 2.27. The minimum absolute atomic E-state index is 0.0630. The van der Waals surface area contributed by atoms with Crippen molar-refractivity contribution in [3.8, 4) is 5.75 Å². The second-order valence-corrected chi connectivity index (χ2v) is 6.40. The number of hydrogen-bond acceptors (Lipinski definition) is 3. The van der Waals surface area contributed by atoms with Crippen LogP contribution in [-0.4, -0.2) is 12.5 Å². The molecule has 22 heavy (non-hydrogen) atoms. The van der Waals surface area contributed by atoms with E-state index in [4.69, 9.17) is 16.3 Å². The Morgan fingerprint density at radius 3 is 2.77 bits per heavy atom. The van der Waals surface area contributed by atoms with E-state index < -0.39 is 0 Å². The average Bonchev–Trinajstić information content (AvgIpc) is 2.48. The molecule has 0 saturated heterocycles. The Morgan fingerprint density at radius 1 is 1.27 bits per heavy atom. The Hall–Kier alpha value is -1.17. The molecule has 0 heterocycles. The third kappa shape index (κ3) is 5.23. The quantitative estimate of drug-likeness (QED) is 0.517. The molecule has 116 valence electrons. The number of ether oxygens (including phenoxy) is 1. The van der Waals surface area contributed by atoms with Crippen molar-refractivity contribution in [3.63, 3.8) is 0 Å². The van der Waals surface area contributed by atoms with Crippen LogP contribution in [0.3, 0.4) is 0 Å². The van der Waals surface area contributed by atoms with Crippen LogP contribution in [0.2, 0.25) is 5.02 Å². The van der Waals surface area contributed by atoms with E-state index in [9.17, 15) is 4.79 Å². The van der Waals surface area contributed by atoms with Gasteiger partial charge in [-0.15, -0.1) is 12.6 Å². The van der Waals surface area contributed by atoms with Gasteiger partial charge in [-0.1, -0.05) is 39.7 Å². The smallest absolute Gasteiger partial charge is 0.224 e. The number of hydrogen-bond donors (Lipinski definition) is 2. The van der Waals surface area contributed by atoms with Crippen LogP contribution < -0.4 is 10.1 Å². The maximum Gasteiger partial charge on any atom is 0.224 e. The summed E-state index contributed by atoms with van der Waals surface area (Å²) in [6.07, 6.45) is 0.975. The van der Waals surface area contributed by atoms with Crippen LogP contribution in [-0.2, 0) is 4.79 Å². The number of carbonyl (C=O) groups excluding carboxylic acids is 1. The van der Waals surface area contributed by atoms with E-state index in [1.807, 2.05) is 30.3 Å². The topological polar surface area (TPSA) is 38.3 Å². The van der Waals surface area contributed by atoms with Gasteiger partial charge in [-0.05, 0) is 36.8 Å². The van der Waals surface area contributed by atoms with Gasteiger partial charge in [0, 0.05) is 15.8 Å². The molecule has 0 unspecified atom stereocenters. The third-order valence-electron chi connectivity index (χ3n) is 2.88. The standard InChI is InChI=1S/C16H15BrClNO2S/c17-11-7-8-14(12(18)10-11)21-9-3-6-16(20)19-13-4-1-2-5-15(13)22/h1-2,4-5,7-8,10,22H,3,6,9H2,(H,19,20). The summed E-state index contributed by atoms with van der Waals surface area (Å²) in [6.45, 7) is 0.428. The molecule has 0 aromatic heterocycles. The normalized spacial score (nSPS) is 10.3. The lowest BCUT2D eigenvalue weighted by Gasteiger charge is -2.09. The van der Waals surface area contributed by atoms with Crippen molar-refractivity contribution < 1.29 is 9.53 Å². The SMILES string of the molecule is O=C(CCCOc1ccc(Br)cc1Cl)Nc1ccccc1S. The number of anilines is 1. The maximum absolute atomic E-state index is 11.9. The highest BCUT2D eigenvalue weighted by atomic mass is 79.9. The summed E-state index contributed by atoms with van der Waals surface area (Å²) in [5, 5.41) is 3.37. The first-order chi connectivity index (χ1) is 10.6. The van der Waals surface area contributed by atoms with Gasteiger partial charge in [-0.3, -0.25) is 4.79 Å². The Kier molecular flexibility index (Phi) is 6.61. The molecule has 3 nitrogen and oxygen atoms in total. The van der Waals surface area contributed by atoms with Crippen LogP contribution in [0.25, 0.3) is 0 Å². The van der Waals surface area contributed by atoms with Crippen molar-refractivity contribution in [1.82, 2.24) is 0 Å². The monoisotopic (exact) mass is 399 g/mol. The van der Waals surface area contributed by atoms with Crippen molar-refractivity contribution in [2.45, 2.75) is 17.7 Å². The molecular weight excluding hydrogens is 386 g/mol. The number of rotatable bonds is 6. The lowest BCUT2D eigenvalue weighted by atomic mass is 10.2. The number of carbonyl (C=O) groups is 1. The van der Waals surface area contributed by atoms with E-state index >= 15 is 0 Å². The predicted molar refractivity (Wildman–Crippen MR) is 96.2 cm³/mol. The summed E-state index contributed by atoms with van der Waals surface area (Å²) in [6, 6.07) is 12.8. The fourth-order valence-corrected chi connectivity index (χ4v) is 2.74. The van der Waals surface area contributed by atoms with Gasteiger partial charge in [-0.2, -0.15) is 0 Å². The van der Waals surface area contributed by atoms with E-state index in [1.165, 1.54) is 0 Å². The second kappa shape index (κ2) is 8.46. The first-order valence-corrected chi connectivity index (χ1v) is 8.34. The largest absolute Gasteiger partial charge is 0.492 e. The van der Waals surface area contributed by atoms with Gasteiger partial charge < -0.3 is 10.1 Å². The van der Waals surface area contributed by atoms with Crippen molar-refractivity contribution in [2.24, 2.45) is 0 Å². The van der Waals surface area contributed by atoms with E-state index in [2.05, 4.69) is 33.9 Å². The maximum atomic E-state index is 11.9. The minimum atomic E-state index is -0.0630. The Morgan fingerprint density at radius 2 is 2.05 bits per heavy atom. The van der Waals surface area contributed by atoms with Crippen LogP contribution in [0, 0.1) is 0 Å². The van der Waals surface area contributed by atoms with Crippen LogP contribution in [0.5, 0.6) is 5.75 Å². The first-order valence-electron chi connectivity index (χ1n) is 6.72. The molecule has 1 amide bonds. The van der Waals surface area contributed by atoms with Crippen molar-refractivity contribution >= 4 is 51.8 Å². The van der Waals surface area contributed by atoms with Crippen LogP contribution in [0.15, 0.2) is 51.8 Å². The molecule has 0 aliphatic rings. The molecule has 0 radical (unpaired) electrons. The number of para-hydroxylation sites is 1. The van der Waals surface area contributed by atoms with Crippen LogP contribution >= 0.6 is 40.2 Å². The third-order valence-corrected chi connectivity index (χ3v) is 4.06. The molecular formula is C16H15BrClNO2S. The molecule has 0 aliphatic heterocycles. The van der Waals surface area contributed by atoms with Gasteiger partial charge in [-0.25, -0.2) is 0 Å². The van der Waals surface area contributed by atoms with Gasteiger partial charge in [0.25, 0.3) is 0 Å². The summed E-state index contributed by atoms with van der Waals surface area (Å²) in [7, 11) is 0. The van der Waals surface area contributed by atoms with Gasteiger partial charge >= 0.3 is 0 Å². The van der Waals surface area contributed by atoms with Crippen LogP contribution in [0.1, 0.15) is 12.8 Å². The van der Waals surface area contributed by atoms with Crippen molar-refractivity contribution in [1.29, 1.82) is 0 Å². The summed E-state index contributed by atoms with van der Waals surface area (Å²) in [4.78, 5) is 12.6. The molecule has 2 aromatic carbocycles. The summed E-state index contributed by atoms with van der Waals surface area (Å²) >= 11 is 13.7. The van der Waals surface area contributed by atoms with E-state index in [1.54, 1.807) is 12.1 Å². The first kappa shape index (κ1) is 17.2. The lowest BCUT2D eigenvalue weighted by Crippen LogP contribution is -2.13. The molecule has 0 bridgehead atoms. The number of nitrogens with one attached hydrogen (secondary N) is 1. The highest BCUT2D eigenvalue weighted by molar-refractivity contribution is 9.10. The van der Waals surface area contributed by atoms with Gasteiger partial charge in [0.15, 0.2) is 0 Å². The molecule has 0 fully saturated rings. The molecule has 6 heteroatoms. The zero-order valence-corrected chi connectivity index (χ0v) is 14.9. The molecule has 0 spiro atoms. The number of halogens is 2. The molecule has 0 saturated carbocycles. The van der Waals surface area contributed by atoms with E-state index in [0.29, 0.717) is 35.9 Å². The molecule has 2 aromatic rings. The van der Waals surface area contributed by atoms with Crippen molar-refractivity contribution in [2.75, 3.05) is 11.9 Å². The summed E-state index contributed by atoms with van der Waals surface area (Å²) < 4.78 is 6.47. The Bertz CT molecular complexity index is 666.